The molecule has 122 valence electrons. The Morgan fingerprint density at radius 3 is 2.52 bits per heavy atom. The number of nitrogens with two attached hydrogens (primary N) is 1. The molecule has 1 atom stereocenters. The summed E-state index contributed by atoms with van der Waals surface area (Å²) in [6.07, 6.45) is 2.23. The zero-order chi connectivity index (χ0) is 15.9. The van der Waals surface area contributed by atoms with E-state index < -0.39 is 5.41 Å². The molecule has 0 saturated carbocycles. The quantitative estimate of drug-likeness (QED) is 0.275. The van der Waals surface area contributed by atoms with E-state index in [0.717, 1.165) is 12.8 Å². The highest BCUT2D eigenvalue weighted by atomic mass is 16.5. The number of carbonyl (C=O) groups is 1. The lowest BCUT2D eigenvalue weighted by molar-refractivity contribution is -0.148. The first-order valence-electron chi connectivity index (χ1n) is 7.55. The van der Waals surface area contributed by atoms with E-state index in [4.69, 9.17) is 15.7 Å². The highest BCUT2D eigenvalue weighted by Crippen LogP contribution is 2.33. The van der Waals surface area contributed by atoms with Crippen molar-refractivity contribution in [1.82, 2.24) is 4.90 Å². The molecule has 1 rings (SSSR count). The average molecular weight is 301 g/mol. The van der Waals surface area contributed by atoms with Crippen molar-refractivity contribution in [2.24, 2.45) is 16.3 Å². The SMILES string of the molecule is CCCC(CCC)(C(=O)N1CCOC(CO)C1)C(N)=NO. The molecule has 4 N–H and O–H groups in total. The van der Waals surface area contributed by atoms with Crippen LogP contribution in [0.15, 0.2) is 5.16 Å². The number of carbonyl (C=O) groups excluding carboxylic acids is 1. The Morgan fingerprint density at radius 1 is 1.43 bits per heavy atom. The summed E-state index contributed by atoms with van der Waals surface area (Å²) in [6, 6.07) is 0. The maximum Gasteiger partial charge on any atom is 0.236 e. The number of oxime groups is 1. The molecule has 0 spiro atoms. The Balaban J connectivity index is 3.03. The minimum absolute atomic E-state index is 0.0248. The second kappa shape index (κ2) is 8.19. The number of ether oxygens (including phenoxy) is 1. The molecule has 7 heteroatoms. The molecule has 1 aliphatic rings. The summed E-state index contributed by atoms with van der Waals surface area (Å²) >= 11 is 0. The molecule has 21 heavy (non-hydrogen) atoms. The van der Waals surface area contributed by atoms with Crippen LogP contribution in [0.5, 0.6) is 0 Å². The van der Waals surface area contributed by atoms with E-state index >= 15 is 0 Å². The first-order chi connectivity index (χ1) is 10.1. The number of amides is 1. The van der Waals surface area contributed by atoms with Gasteiger partial charge in [-0.15, -0.1) is 0 Å². The maximum atomic E-state index is 13.0. The zero-order valence-electron chi connectivity index (χ0n) is 12.9. The van der Waals surface area contributed by atoms with E-state index in [1.165, 1.54) is 0 Å². The fourth-order valence-electron chi connectivity index (χ4n) is 2.97. The molecule has 0 aliphatic carbocycles. The lowest BCUT2D eigenvalue weighted by atomic mass is 9.76. The van der Waals surface area contributed by atoms with Gasteiger partial charge in [-0.05, 0) is 12.8 Å². The minimum atomic E-state index is -0.963. The van der Waals surface area contributed by atoms with Gasteiger partial charge in [-0.1, -0.05) is 31.8 Å². The van der Waals surface area contributed by atoms with Crippen LogP contribution in [0.2, 0.25) is 0 Å². The van der Waals surface area contributed by atoms with Gasteiger partial charge in [0.05, 0.1) is 19.3 Å². The minimum Gasteiger partial charge on any atom is -0.409 e. The topological polar surface area (TPSA) is 108 Å². The summed E-state index contributed by atoms with van der Waals surface area (Å²) in [4.78, 5) is 14.6. The van der Waals surface area contributed by atoms with E-state index in [1.54, 1.807) is 4.90 Å². The van der Waals surface area contributed by atoms with E-state index in [2.05, 4.69) is 5.16 Å². The lowest BCUT2D eigenvalue weighted by Gasteiger charge is -2.39. The summed E-state index contributed by atoms with van der Waals surface area (Å²) < 4.78 is 5.37. The Labute approximate surface area is 125 Å². The molecule has 1 heterocycles. The molecular formula is C14H27N3O4. The summed E-state index contributed by atoms with van der Waals surface area (Å²) in [6.45, 7) is 5.01. The third-order valence-electron chi connectivity index (χ3n) is 3.99. The molecule has 1 saturated heterocycles. The van der Waals surface area contributed by atoms with E-state index in [1.807, 2.05) is 13.8 Å². The van der Waals surface area contributed by atoms with Crippen molar-refractivity contribution in [3.05, 3.63) is 0 Å². The highest BCUT2D eigenvalue weighted by molar-refractivity contribution is 6.06. The number of rotatable bonds is 7. The van der Waals surface area contributed by atoms with Crippen LogP contribution < -0.4 is 5.73 Å². The molecule has 0 bridgehead atoms. The summed E-state index contributed by atoms with van der Waals surface area (Å²) in [5, 5.41) is 21.4. The highest BCUT2D eigenvalue weighted by Gasteiger charge is 2.44. The zero-order valence-corrected chi connectivity index (χ0v) is 12.9. The normalized spacial score (nSPS) is 20.6. The second-order valence-corrected chi connectivity index (χ2v) is 5.49. The number of hydrogen-bond donors (Lipinski definition) is 3. The molecule has 0 radical (unpaired) electrons. The van der Waals surface area contributed by atoms with Crippen LogP contribution >= 0.6 is 0 Å². The smallest absolute Gasteiger partial charge is 0.236 e. The fraction of sp³-hybridized carbons (Fsp3) is 0.857. The Bertz CT molecular complexity index is 367. The van der Waals surface area contributed by atoms with Crippen molar-refractivity contribution < 1.29 is 19.8 Å². The van der Waals surface area contributed by atoms with Gasteiger partial charge in [0, 0.05) is 13.1 Å². The molecule has 7 nitrogen and oxygen atoms in total. The van der Waals surface area contributed by atoms with Gasteiger partial charge in [0.25, 0.3) is 0 Å². The Kier molecular flexibility index (Phi) is 6.91. The number of hydrogen-bond acceptors (Lipinski definition) is 5. The predicted octanol–water partition coefficient (Wildman–Crippen LogP) is 0.539. The van der Waals surface area contributed by atoms with Crippen molar-refractivity contribution in [2.75, 3.05) is 26.3 Å². The number of nitrogens with zero attached hydrogens (tertiary/aromatic N) is 2. The maximum absolute atomic E-state index is 13.0. The summed E-state index contributed by atoms with van der Waals surface area (Å²) in [5.41, 5.74) is 4.91. The predicted molar refractivity (Wildman–Crippen MR) is 79.1 cm³/mol. The van der Waals surface area contributed by atoms with Gasteiger partial charge in [0.1, 0.15) is 5.41 Å². The largest absolute Gasteiger partial charge is 0.409 e. The Morgan fingerprint density at radius 2 is 2.05 bits per heavy atom. The molecule has 1 unspecified atom stereocenters. The number of amidine groups is 1. The standard InChI is InChI=1S/C14H27N3O4/c1-3-5-14(6-4-2,12(15)16-20)13(19)17-7-8-21-11(9-17)10-18/h11,18,20H,3-10H2,1-2H3,(H2,15,16). The lowest BCUT2D eigenvalue weighted by Crippen LogP contribution is -2.56. The number of aliphatic hydroxyl groups excluding tert-OH is 1. The van der Waals surface area contributed by atoms with Crippen molar-refractivity contribution in [2.45, 2.75) is 45.6 Å². The average Bonchev–Trinajstić information content (AvgIpc) is 2.53. The number of morpholine rings is 1. The van der Waals surface area contributed by atoms with Gasteiger partial charge < -0.3 is 25.7 Å². The molecular weight excluding hydrogens is 274 g/mol. The second-order valence-electron chi connectivity index (χ2n) is 5.49. The molecule has 0 aromatic carbocycles. The third kappa shape index (κ3) is 3.85. The molecule has 1 aliphatic heterocycles. The van der Waals surface area contributed by atoms with Gasteiger partial charge in [0.15, 0.2) is 5.84 Å². The van der Waals surface area contributed by atoms with Gasteiger partial charge in [-0.2, -0.15) is 0 Å². The monoisotopic (exact) mass is 301 g/mol. The van der Waals surface area contributed by atoms with Crippen molar-refractivity contribution >= 4 is 11.7 Å². The van der Waals surface area contributed by atoms with Crippen LogP contribution in [0.3, 0.4) is 0 Å². The third-order valence-corrected chi connectivity index (χ3v) is 3.99. The van der Waals surface area contributed by atoms with Crippen molar-refractivity contribution in [3.8, 4) is 0 Å². The van der Waals surface area contributed by atoms with Crippen LogP contribution in [-0.2, 0) is 9.53 Å². The van der Waals surface area contributed by atoms with E-state index in [-0.39, 0.29) is 24.5 Å². The fourth-order valence-corrected chi connectivity index (χ4v) is 2.97. The van der Waals surface area contributed by atoms with Crippen LogP contribution in [0, 0.1) is 5.41 Å². The first kappa shape index (κ1) is 17.7. The van der Waals surface area contributed by atoms with Crippen LogP contribution in [0.4, 0.5) is 0 Å². The Hall–Kier alpha value is -1.34. The van der Waals surface area contributed by atoms with Crippen LogP contribution in [0.25, 0.3) is 0 Å². The van der Waals surface area contributed by atoms with Crippen LogP contribution in [-0.4, -0.2) is 59.4 Å². The van der Waals surface area contributed by atoms with Crippen LogP contribution in [0.1, 0.15) is 39.5 Å². The molecule has 0 aromatic rings. The van der Waals surface area contributed by atoms with E-state index in [0.29, 0.717) is 32.5 Å². The molecule has 0 aromatic heterocycles. The number of aliphatic hydroxyl groups is 1. The first-order valence-corrected chi connectivity index (χ1v) is 7.55. The molecule has 1 fully saturated rings. The van der Waals surface area contributed by atoms with Gasteiger partial charge in [-0.25, -0.2) is 0 Å². The van der Waals surface area contributed by atoms with Gasteiger partial charge in [-0.3, -0.25) is 4.79 Å². The van der Waals surface area contributed by atoms with E-state index in [9.17, 15) is 9.90 Å². The van der Waals surface area contributed by atoms with Crippen molar-refractivity contribution in [3.63, 3.8) is 0 Å². The molecule has 1 amide bonds. The van der Waals surface area contributed by atoms with Gasteiger partial charge >= 0.3 is 0 Å². The van der Waals surface area contributed by atoms with Crippen molar-refractivity contribution in [1.29, 1.82) is 0 Å². The summed E-state index contributed by atoms with van der Waals surface area (Å²) in [5.74, 6) is -0.161. The van der Waals surface area contributed by atoms with Gasteiger partial charge in [0.2, 0.25) is 5.91 Å². The summed E-state index contributed by atoms with van der Waals surface area (Å²) in [7, 11) is 0.